The van der Waals surface area contributed by atoms with E-state index in [1.807, 2.05) is 13.8 Å². The van der Waals surface area contributed by atoms with Crippen molar-refractivity contribution in [3.63, 3.8) is 0 Å². The van der Waals surface area contributed by atoms with Gasteiger partial charge in [0.05, 0.1) is 6.42 Å². The van der Waals surface area contributed by atoms with E-state index in [1.54, 1.807) is 0 Å². The maximum atomic E-state index is 14.1. The number of carbonyl (C=O) groups is 1. The highest BCUT2D eigenvalue weighted by Gasteiger charge is 2.34. The second-order valence-corrected chi connectivity index (χ2v) is 4.45. The Morgan fingerprint density at radius 2 is 2.13 bits per heavy atom. The Balaban J connectivity index is 2.35. The monoisotopic (exact) mass is 216 g/mol. The molecule has 0 bridgehead atoms. The third-order valence-corrected chi connectivity index (χ3v) is 3.00. The highest BCUT2D eigenvalue weighted by atomic mass is 19.1. The normalized spacial score (nSPS) is 22.1. The summed E-state index contributed by atoms with van der Waals surface area (Å²) in [6, 6.07) is 0.141. The van der Waals surface area contributed by atoms with Crippen molar-refractivity contribution in [3.8, 4) is 0 Å². The SMILES string of the molecule is CC[C@H](C)NC(=O)CC1(F)CCNCC1. The van der Waals surface area contributed by atoms with Gasteiger partial charge < -0.3 is 10.6 Å². The Labute approximate surface area is 90.8 Å². The van der Waals surface area contributed by atoms with Crippen molar-refractivity contribution in [1.82, 2.24) is 10.6 Å². The molecule has 4 heteroatoms. The molecule has 0 radical (unpaired) electrons. The predicted molar refractivity (Wildman–Crippen MR) is 58.5 cm³/mol. The lowest BCUT2D eigenvalue weighted by Crippen LogP contribution is -2.43. The van der Waals surface area contributed by atoms with Crippen molar-refractivity contribution in [2.45, 2.75) is 51.2 Å². The molecular weight excluding hydrogens is 195 g/mol. The Morgan fingerprint density at radius 1 is 1.53 bits per heavy atom. The van der Waals surface area contributed by atoms with Gasteiger partial charge in [-0.15, -0.1) is 0 Å². The maximum absolute atomic E-state index is 14.1. The summed E-state index contributed by atoms with van der Waals surface area (Å²) in [6.07, 6.45) is 1.79. The van der Waals surface area contributed by atoms with Crippen LogP contribution in [-0.2, 0) is 4.79 Å². The van der Waals surface area contributed by atoms with Crippen LogP contribution in [0.1, 0.15) is 39.5 Å². The van der Waals surface area contributed by atoms with E-state index in [4.69, 9.17) is 0 Å². The quantitative estimate of drug-likeness (QED) is 0.745. The van der Waals surface area contributed by atoms with E-state index in [0.717, 1.165) is 6.42 Å². The molecule has 1 heterocycles. The van der Waals surface area contributed by atoms with Crippen molar-refractivity contribution in [1.29, 1.82) is 0 Å². The van der Waals surface area contributed by atoms with E-state index in [-0.39, 0.29) is 18.4 Å². The molecule has 0 unspecified atom stereocenters. The summed E-state index contributed by atoms with van der Waals surface area (Å²) in [5, 5.41) is 5.90. The standard InChI is InChI=1S/C11H21FN2O/c1-3-9(2)14-10(15)8-11(12)4-6-13-7-5-11/h9,13H,3-8H2,1-2H3,(H,14,15)/t9-/m0/s1. The van der Waals surface area contributed by atoms with Gasteiger partial charge in [0.15, 0.2) is 0 Å². The Bertz CT molecular complexity index is 215. The number of halogens is 1. The zero-order valence-electron chi connectivity index (χ0n) is 9.61. The lowest BCUT2D eigenvalue weighted by molar-refractivity contribution is -0.125. The van der Waals surface area contributed by atoms with Crippen molar-refractivity contribution in [3.05, 3.63) is 0 Å². The maximum Gasteiger partial charge on any atom is 0.223 e. The molecule has 1 saturated heterocycles. The highest BCUT2D eigenvalue weighted by molar-refractivity contribution is 5.77. The van der Waals surface area contributed by atoms with Crippen molar-refractivity contribution in [2.24, 2.45) is 0 Å². The van der Waals surface area contributed by atoms with Gasteiger partial charge >= 0.3 is 0 Å². The fourth-order valence-electron chi connectivity index (χ4n) is 1.77. The van der Waals surface area contributed by atoms with Crippen LogP contribution in [0.25, 0.3) is 0 Å². The molecule has 1 atom stereocenters. The zero-order chi connectivity index (χ0) is 11.3. The number of hydrogen-bond acceptors (Lipinski definition) is 2. The number of alkyl halides is 1. The summed E-state index contributed by atoms with van der Waals surface area (Å²) in [7, 11) is 0. The van der Waals surface area contributed by atoms with Crippen LogP contribution >= 0.6 is 0 Å². The van der Waals surface area contributed by atoms with Crippen LogP contribution in [0.3, 0.4) is 0 Å². The Morgan fingerprint density at radius 3 is 2.67 bits per heavy atom. The van der Waals surface area contributed by atoms with E-state index in [9.17, 15) is 9.18 Å². The van der Waals surface area contributed by atoms with E-state index < -0.39 is 5.67 Å². The van der Waals surface area contributed by atoms with Crippen LogP contribution in [0.15, 0.2) is 0 Å². The molecule has 2 N–H and O–H groups in total. The van der Waals surface area contributed by atoms with Gasteiger partial charge in [0.25, 0.3) is 0 Å². The molecule has 0 saturated carbocycles. The fraction of sp³-hybridized carbons (Fsp3) is 0.909. The number of amides is 1. The highest BCUT2D eigenvalue weighted by Crippen LogP contribution is 2.26. The molecule has 88 valence electrons. The second-order valence-electron chi connectivity index (χ2n) is 4.45. The number of hydrogen-bond donors (Lipinski definition) is 2. The molecule has 0 aromatic rings. The molecular formula is C11H21FN2O. The molecule has 3 nitrogen and oxygen atoms in total. The van der Waals surface area contributed by atoms with Crippen LogP contribution in [0.4, 0.5) is 4.39 Å². The summed E-state index contributed by atoms with van der Waals surface area (Å²) in [5.74, 6) is -0.159. The van der Waals surface area contributed by atoms with Gasteiger partial charge in [-0.25, -0.2) is 4.39 Å². The number of nitrogens with one attached hydrogen (secondary N) is 2. The molecule has 0 aromatic carbocycles. The molecule has 0 spiro atoms. The van der Waals surface area contributed by atoms with Crippen molar-refractivity contribution < 1.29 is 9.18 Å². The molecule has 1 rings (SSSR count). The van der Waals surface area contributed by atoms with Crippen LogP contribution in [0.5, 0.6) is 0 Å². The summed E-state index contributed by atoms with van der Waals surface area (Å²) in [6.45, 7) is 5.28. The minimum absolute atomic E-state index is 0.0129. The molecule has 0 aliphatic carbocycles. The third-order valence-electron chi connectivity index (χ3n) is 3.00. The van der Waals surface area contributed by atoms with E-state index in [0.29, 0.717) is 25.9 Å². The van der Waals surface area contributed by atoms with Gasteiger partial charge in [0.1, 0.15) is 5.67 Å². The summed E-state index contributed by atoms with van der Waals surface area (Å²) in [5.41, 5.74) is -1.29. The average Bonchev–Trinajstić information content (AvgIpc) is 2.17. The first-order valence-electron chi connectivity index (χ1n) is 5.75. The predicted octanol–water partition coefficient (Wildman–Crippen LogP) is 1.38. The summed E-state index contributed by atoms with van der Waals surface area (Å²) < 4.78 is 14.1. The molecule has 1 aliphatic rings. The van der Waals surface area contributed by atoms with E-state index in [2.05, 4.69) is 10.6 Å². The van der Waals surface area contributed by atoms with Crippen molar-refractivity contribution in [2.75, 3.05) is 13.1 Å². The summed E-state index contributed by atoms with van der Waals surface area (Å²) in [4.78, 5) is 11.5. The van der Waals surface area contributed by atoms with Crippen LogP contribution in [0.2, 0.25) is 0 Å². The van der Waals surface area contributed by atoms with Gasteiger partial charge in [-0.05, 0) is 39.3 Å². The zero-order valence-corrected chi connectivity index (χ0v) is 9.61. The Kier molecular flexibility index (Phi) is 4.51. The first-order chi connectivity index (χ1) is 7.06. The number of carbonyl (C=O) groups excluding carboxylic acids is 1. The lowest BCUT2D eigenvalue weighted by atomic mass is 9.90. The van der Waals surface area contributed by atoms with Crippen LogP contribution in [0, 0.1) is 0 Å². The molecule has 1 aliphatic heterocycles. The average molecular weight is 216 g/mol. The van der Waals surface area contributed by atoms with Gasteiger partial charge in [-0.1, -0.05) is 6.92 Å². The van der Waals surface area contributed by atoms with Crippen molar-refractivity contribution >= 4 is 5.91 Å². The number of rotatable bonds is 4. The molecule has 1 amide bonds. The van der Waals surface area contributed by atoms with Crippen LogP contribution in [-0.4, -0.2) is 30.7 Å². The Hall–Kier alpha value is -0.640. The topological polar surface area (TPSA) is 41.1 Å². The largest absolute Gasteiger partial charge is 0.354 e. The minimum atomic E-state index is -1.29. The van der Waals surface area contributed by atoms with Gasteiger partial charge in [0.2, 0.25) is 5.91 Å². The first kappa shape index (κ1) is 12.4. The third kappa shape index (κ3) is 4.16. The minimum Gasteiger partial charge on any atom is -0.354 e. The smallest absolute Gasteiger partial charge is 0.223 e. The number of piperidine rings is 1. The van der Waals surface area contributed by atoms with E-state index >= 15 is 0 Å². The second kappa shape index (κ2) is 5.45. The fourth-order valence-corrected chi connectivity index (χ4v) is 1.77. The lowest BCUT2D eigenvalue weighted by Gasteiger charge is -2.29. The molecule has 0 aromatic heterocycles. The van der Waals surface area contributed by atoms with E-state index in [1.165, 1.54) is 0 Å². The van der Waals surface area contributed by atoms with Crippen LogP contribution < -0.4 is 10.6 Å². The van der Waals surface area contributed by atoms with Gasteiger partial charge in [0, 0.05) is 6.04 Å². The molecule has 15 heavy (non-hydrogen) atoms. The first-order valence-corrected chi connectivity index (χ1v) is 5.75. The molecule has 1 fully saturated rings. The van der Waals surface area contributed by atoms with Gasteiger partial charge in [-0.2, -0.15) is 0 Å². The summed E-state index contributed by atoms with van der Waals surface area (Å²) >= 11 is 0. The van der Waals surface area contributed by atoms with Gasteiger partial charge in [-0.3, -0.25) is 4.79 Å².